The number of aromatic nitrogens is 4. The van der Waals surface area contributed by atoms with E-state index in [-0.39, 0.29) is 6.42 Å². The van der Waals surface area contributed by atoms with E-state index in [1.807, 2.05) is 31.7 Å². The fourth-order valence-corrected chi connectivity index (χ4v) is 1.84. The van der Waals surface area contributed by atoms with Crippen LogP contribution in [-0.4, -0.2) is 30.4 Å². The lowest BCUT2D eigenvalue weighted by molar-refractivity contribution is -0.136. The summed E-state index contributed by atoms with van der Waals surface area (Å²) in [6, 6.07) is 0. The van der Waals surface area contributed by atoms with E-state index in [9.17, 15) is 4.79 Å². The van der Waals surface area contributed by atoms with Gasteiger partial charge < -0.3 is 9.67 Å². The van der Waals surface area contributed by atoms with E-state index in [0.29, 0.717) is 5.95 Å². The van der Waals surface area contributed by atoms with Gasteiger partial charge in [-0.25, -0.2) is 9.67 Å². The Balaban J connectivity index is 2.51. The number of imidazole rings is 1. The first-order valence-electron chi connectivity index (χ1n) is 5.25. The Morgan fingerprint density at radius 3 is 2.71 bits per heavy atom. The van der Waals surface area contributed by atoms with Crippen LogP contribution in [0.15, 0.2) is 12.4 Å². The summed E-state index contributed by atoms with van der Waals surface area (Å²) in [5.74, 6) is -0.169. The Morgan fingerprint density at radius 2 is 2.18 bits per heavy atom. The van der Waals surface area contributed by atoms with E-state index >= 15 is 0 Å². The van der Waals surface area contributed by atoms with Crippen molar-refractivity contribution in [2.75, 3.05) is 0 Å². The van der Waals surface area contributed by atoms with Crippen LogP contribution in [0.25, 0.3) is 5.95 Å². The van der Waals surface area contributed by atoms with Crippen LogP contribution in [0, 0.1) is 13.8 Å². The van der Waals surface area contributed by atoms with E-state index in [1.54, 1.807) is 10.9 Å². The average Bonchev–Trinajstić information content (AvgIpc) is 2.76. The monoisotopic (exact) mass is 234 g/mol. The normalized spacial score (nSPS) is 10.8. The molecule has 0 aliphatic heterocycles. The van der Waals surface area contributed by atoms with Gasteiger partial charge in [-0.05, 0) is 13.8 Å². The molecule has 2 rings (SSSR count). The first-order valence-corrected chi connectivity index (χ1v) is 5.25. The summed E-state index contributed by atoms with van der Waals surface area (Å²) in [4.78, 5) is 15.0. The minimum Gasteiger partial charge on any atom is -0.481 e. The highest BCUT2D eigenvalue weighted by molar-refractivity contribution is 5.71. The zero-order valence-corrected chi connectivity index (χ0v) is 10.0. The van der Waals surface area contributed by atoms with Crippen LogP contribution in [0.4, 0.5) is 0 Å². The van der Waals surface area contributed by atoms with Crippen molar-refractivity contribution < 1.29 is 9.90 Å². The van der Waals surface area contributed by atoms with Crippen LogP contribution in [-0.2, 0) is 18.3 Å². The predicted octanol–water partition coefficient (Wildman–Crippen LogP) is 0.850. The van der Waals surface area contributed by atoms with Crippen molar-refractivity contribution in [1.29, 1.82) is 0 Å². The summed E-state index contributed by atoms with van der Waals surface area (Å²) in [5.41, 5.74) is 2.30. The van der Waals surface area contributed by atoms with Crippen LogP contribution in [0.2, 0.25) is 0 Å². The Labute approximate surface area is 98.5 Å². The number of aryl methyl sites for hydroxylation is 2. The van der Waals surface area contributed by atoms with Crippen molar-refractivity contribution in [3.05, 3.63) is 29.3 Å². The van der Waals surface area contributed by atoms with Crippen molar-refractivity contribution in [3.63, 3.8) is 0 Å². The van der Waals surface area contributed by atoms with Crippen molar-refractivity contribution in [3.8, 4) is 5.95 Å². The number of carbonyl (C=O) groups is 1. The van der Waals surface area contributed by atoms with E-state index in [1.165, 1.54) is 0 Å². The van der Waals surface area contributed by atoms with Crippen LogP contribution in [0.5, 0.6) is 0 Å². The van der Waals surface area contributed by atoms with Crippen molar-refractivity contribution >= 4 is 5.97 Å². The van der Waals surface area contributed by atoms with Crippen LogP contribution in [0.3, 0.4) is 0 Å². The molecular formula is C11H14N4O2. The quantitative estimate of drug-likeness (QED) is 0.854. The van der Waals surface area contributed by atoms with Crippen LogP contribution < -0.4 is 0 Å². The van der Waals surface area contributed by atoms with Gasteiger partial charge in [0.05, 0.1) is 12.1 Å². The van der Waals surface area contributed by atoms with Gasteiger partial charge in [-0.15, -0.1) is 0 Å². The molecule has 0 unspecified atom stereocenters. The number of hydrogen-bond acceptors (Lipinski definition) is 3. The van der Waals surface area contributed by atoms with Gasteiger partial charge in [-0.1, -0.05) is 0 Å². The maximum absolute atomic E-state index is 10.8. The van der Waals surface area contributed by atoms with Gasteiger partial charge in [-0.3, -0.25) is 4.79 Å². The van der Waals surface area contributed by atoms with Gasteiger partial charge in [0, 0.05) is 30.7 Å². The summed E-state index contributed by atoms with van der Waals surface area (Å²) in [6.07, 6.45) is 3.49. The Morgan fingerprint density at radius 1 is 1.47 bits per heavy atom. The molecule has 0 bridgehead atoms. The third-order valence-corrected chi connectivity index (χ3v) is 2.75. The molecule has 1 N–H and O–H groups in total. The van der Waals surface area contributed by atoms with Gasteiger partial charge >= 0.3 is 5.97 Å². The Bertz CT molecular complexity index is 568. The molecule has 0 aromatic carbocycles. The minimum atomic E-state index is -0.851. The number of hydrogen-bond donors (Lipinski definition) is 1. The second kappa shape index (κ2) is 4.04. The number of rotatable bonds is 3. The molecule has 0 aliphatic rings. The first-order chi connectivity index (χ1) is 8.00. The van der Waals surface area contributed by atoms with Crippen molar-refractivity contribution in [2.45, 2.75) is 20.3 Å². The van der Waals surface area contributed by atoms with Crippen LogP contribution in [0.1, 0.15) is 17.0 Å². The fourth-order valence-electron chi connectivity index (χ4n) is 1.84. The molecule has 2 aromatic heterocycles. The molecule has 0 atom stereocenters. The number of nitrogens with zero attached hydrogens (tertiary/aromatic N) is 4. The molecule has 6 nitrogen and oxygen atoms in total. The lowest BCUT2D eigenvalue weighted by atomic mass is 10.1. The van der Waals surface area contributed by atoms with Crippen LogP contribution >= 0.6 is 0 Å². The molecule has 0 spiro atoms. The summed E-state index contributed by atoms with van der Waals surface area (Å²) >= 11 is 0. The lowest BCUT2D eigenvalue weighted by Crippen LogP contribution is -2.07. The first kappa shape index (κ1) is 11.4. The summed E-state index contributed by atoms with van der Waals surface area (Å²) in [6.45, 7) is 3.66. The smallest absolute Gasteiger partial charge is 0.307 e. The molecule has 0 aliphatic carbocycles. The topological polar surface area (TPSA) is 72.9 Å². The largest absolute Gasteiger partial charge is 0.481 e. The standard InChI is InChI=1S/C11H14N4O2/c1-7-9(6-10(16)17)8(2)15(13-7)11-12-4-5-14(11)3/h4-5H,6H2,1-3H3,(H,16,17). The van der Waals surface area contributed by atoms with Gasteiger partial charge in [0.2, 0.25) is 5.95 Å². The Kier molecular flexibility index (Phi) is 2.71. The summed E-state index contributed by atoms with van der Waals surface area (Å²) in [7, 11) is 1.87. The zero-order chi connectivity index (χ0) is 12.6. The Hall–Kier alpha value is -2.11. The highest BCUT2D eigenvalue weighted by atomic mass is 16.4. The van der Waals surface area contributed by atoms with E-state index < -0.39 is 5.97 Å². The maximum Gasteiger partial charge on any atom is 0.307 e. The highest BCUT2D eigenvalue weighted by Crippen LogP contribution is 2.17. The SMILES string of the molecule is Cc1nn(-c2nccn2C)c(C)c1CC(=O)O. The van der Waals surface area contributed by atoms with E-state index in [4.69, 9.17) is 5.11 Å². The number of carboxylic acids is 1. The average molecular weight is 234 g/mol. The molecule has 0 saturated heterocycles. The van der Waals surface area contributed by atoms with Gasteiger partial charge in [-0.2, -0.15) is 5.10 Å². The second-order valence-electron chi connectivity index (χ2n) is 3.97. The molecule has 6 heteroatoms. The molecule has 17 heavy (non-hydrogen) atoms. The summed E-state index contributed by atoms with van der Waals surface area (Å²) < 4.78 is 3.51. The number of carboxylic acid groups (broad SMARTS) is 1. The predicted molar refractivity (Wildman–Crippen MR) is 61.1 cm³/mol. The molecule has 90 valence electrons. The number of aliphatic carboxylic acids is 1. The van der Waals surface area contributed by atoms with Crippen molar-refractivity contribution in [2.24, 2.45) is 7.05 Å². The van der Waals surface area contributed by atoms with Crippen molar-refractivity contribution in [1.82, 2.24) is 19.3 Å². The third kappa shape index (κ3) is 1.93. The van der Waals surface area contributed by atoms with Gasteiger partial charge in [0.15, 0.2) is 0 Å². The molecule has 0 radical (unpaired) electrons. The lowest BCUT2D eigenvalue weighted by Gasteiger charge is -2.04. The highest BCUT2D eigenvalue weighted by Gasteiger charge is 2.16. The second-order valence-corrected chi connectivity index (χ2v) is 3.97. The fraction of sp³-hybridized carbons (Fsp3) is 0.364. The molecule has 0 fully saturated rings. The zero-order valence-electron chi connectivity index (χ0n) is 10.0. The minimum absolute atomic E-state index is 0.0118. The van der Waals surface area contributed by atoms with Gasteiger partial charge in [0.1, 0.15) is 0 Å². The van der Waals surface area contributed by atoms with E-state index in [0.717, 1.165) is 17.0 Å². The molecule has 0 saturated carbocycles. The van der Waals surface area contributed by atoms with E-state index in [2.05, 4.69) is 10.1 Å². The molecular weight excluding hydrogens is 220 g/mol. The molecule has 2 heterocycles. The van der Waals surface area contributed by atoms with Gasteiger partial charge in [0.25, 0.3) is 0 Å². The molecule has 0 amide bonds. The maximum atomic E-state index is 10.8. The molecule has 2 aromatic rings. The third-order valence-electron chi connectivity index (χ3n) is 2.75. The summed E-state index contributed by atoms with van der Waals surface area (Å²) in [5, 5.41) is 13.2.